The van der Waals surface area contributed by atoms with E-state index in [4.69, 9.17) is 10.2 Å². The Morgan fingerprint density at radius 1 is 1.53 bits per heavy atom. The Morgan fingerprint density at radius 3 is 2.80 bits per heavy atom. The summed E-state index contributed by atoms with van der Waals surface area (Å²) < 4.78 is 13.8. The number of benzene rings is 1. The van der Waals surface area contributed by atoms with Crippen molar-refractivity contribution in [2.75, 3.05) is 18.5 Å². The van der Waals surface area contributed by atoms with Crippen LogP contribution in [0.25, 0.3) is 0 Å². The summed E-state index contributed by atoms with van der Waals surface area (Å²) in [6.07, 6.45) is -0.837. The molecular weight excluding hydrogens is 265 g/mol. The SMILES string of the molecule is Cc1c(NCC(O)CO)ccc(Br)c1F. The van der Waals surface area contributed by atoms with E-state index in [0.717, 1.165) is 0 Å². The van der Waals surface area contributed by atoms with Crippen LogP contribution in [0, 0.1) is 12.7 Å². The molecule has 0 aliphatic carbocycles. The van der Waals surface area contributed by atoms with E-state index >= 15 is 0 Å². The summed E-state index contributed by atoms with van der Waals surface area (Å²) in [6, 6.07) is 3.31. The van der Waals surface area contributed by atoms with Gasteiger partial charge in [-0.25, -0.2) is 4.39 Å². The van der Waals surface area contributed by atoms with Gasteiger partial charge in [-0.2, -0.15) is 0 Å². The number of anilines is 1. The highest BCUT2D eigenvalue weighted by atomic mass is 79.9. The van der Waals surface area contributed by atoms with Gasteiger partial charge in [0, 0.05) is 17.8 Å². The van der Waals surface area contributed by atoms with E-state index in [1.165, 1.54) is 0 Å². The summed E-state index contributed by atoms with van der Waals surface area (Å²) in [7, 11) is 0. The molecule has 1 atom stereocenters. The van der Waals surface area contributed by atoms with Crippen molar-refractivity contribution in [3.8, 4) is 0 Å². The van der Waals surface area contributed by atoms with Gasteiger partial charge in [0.1, 0.15) is 5.82 Å². The molecule has 1 unspecified atom stereocenters. The fraction of sp³-hybridized carbons (Fsp3) is 0.400. The molecule has 0 bridgehead atoms. The van der Waals surface area contributed by atoms with Crippen LogP contribution in [0.2, 0.25) is 0 Å². The van der Waals surface area contributed by atoms with Crippen LogP contribution in [0.3, 0.4) is 0 Å². The molecular formula is C10H13BrFNO2. The monoisotopic (exact) mass is 277 g/mol. The van der Waals surface area contributed by atoms with Crippen molar-refractivity contribution in [3.63, 3.8) is 0 Å². The van der Waals surface area contributed by atoms with Crippen molar-refractivity contribution in [1.29, 1.82) is 0 Å². The first kappa shape index (κ1) is 12.4. The van der Waals surface area contributed by atoms with Crippen LogP contribution in [0.1, 0.15) is 5.56 Å². The molecule has 0 spiro atoms. The quantitative estimate of drug-likeness (QED) is 0.785. The number of aliphatic hydroxyl groups is 2. The summed E-state index contributed by atoms with van der Waals surface area (Å²) >= 11 is 3.08. The topological polar surface area (TPSA) is 52.5 Å². The number of hydrogen-bond acceptors (Lipinski definition) is 3. The van der Waals surface area contributed by atoms with Gasteiger partial charge in [-0.3, -0.25) is 0 Å². The van der Waals surface area contributed by atoms with Crippen LogP contribution in [0.4, 0.5) is 10.1 Å². The van der Waals surface area contributed by atoms with Crippen molar-refractivity contribution >= 4 is 21.6 Å². The Hall–Kier alpha value is -0.650. The van der Waals surface area contributed by atoms with Crippen LogP contribution >= 0.6 is 15.9 Å². The fourth-order valence-electron chi connectivity index (χ4n) is 1.14. The lowest BCUT2D eigenvalue weighted by Gasteiger charge is -2.13. The molecule has 0 amide bonds. The lowest BCUT2D eigenvalue weighted by atomic mass is 10.2. The molecule has 1 rings (SSSR count). The third-order valence-electron chi connectivity index (χ3n) is 2.08. The van der Waals surface area contributed by atoms with E-state index in [1.807, 2.05) is 0 Å². The first-order chi connectivity index (χ1) is 7.06. The van der Waals surface area contributed by atoms with Gasteiger partial charge in [-0.15, -0.1) is 0 Å². The molecule has 5 heteroatoms. The predicted molar refractivity (Wildman–Crippen MR) is 60.4 cm³/mol. The molecule has 15 heavy (non-hydrogen) atoms. The summed E-state index contributed by atoms with van der Waals surface area (Å²) in [6.45, 7) is 1.53. The van der Waals surface area contributed by atoms with Crippen molar-refractivity contribution in [3.05, 3.63) is 28.0 Å². The van der Waals surface area contributed by atoms with Crippen LogP contribution in [-0.4, -0.2) is 29.5 Å². The van der Waals surface area contributed by atoms with Crippen molar-refractivity contribution in [2.24, 2.45) is 0 Å². The van der Waals surface area contributed by atoms with Crippen molar-refractivity contribution < 1.29 is 14.6 Å². The molecule has 0 saturated heterocycles. The third kappa shape index (κ3) is 3.15. The summed E-state index contributed by atoms with van der Waals surface area (Å²) in [4.78, 5) is 0. The highest BCUT2D eigenvalue weighted by molar-refractivity contribution is 9.10. The fourth-order valence-corrected chi connectivity index (χ4v) is 1.57. The largest absolute Gasteiger partial charge is 0.394 e. The number of halogens is 2. The molecule has 1 aromatic carbocycles. The average Bonchev–Trinajstić information content (AvgIpc) is 2.24. The lowest BCUT2D eigenvalue weighted by molar-refractivity contribution is 0.105. The van der Waals surface area contributed by atoms with Gasteiger partial charge in [0.05, 0.1) is 17.2 Å². The lowest BCUT2D eigenvalue weighted by Crippen LogP contribution is -2.23. The van der Waals surface area contributed by atoms with Crippen molar-refractivity contribution in [1.82, 2.24) is 0 Å². The van der Waals surface area contributed by atoms with Crippen LogP contribution < -0.4 is 5.32 Å². The van der Waals surface area contributed by atoms with Gasteiger partial charge in [0.25, 0.3) is 0 Å². The first-order valence-corrected chi connectivity index (χ1v) is 5.33. The summed E-state index contributed by atoms with van der Waals surface area (Å²) in [5.41, 5.74) is 1.10. The molecule has 3 nitrogen and oxygen atoms in total. The Morgan fingerprint density at radius 2 is 2.20 bits per heavy atom. The van der Waals surface area contributed by atoms with Gasteiger partial charge in [-0.1, -0.05) is 0 Å². The number of aliphatic hydroxyl groups excluding tert-OH is 2. The Balaban J connectivity index is 2.74. The molecule has 1 aromatic rings. The van der Waals surface area contributed by atoms with Gasteiger partial charge in [0.2, 0.25) is 0 Å². The maximum absolute atomic E-state index is 13.4. The zero-order valence-electron chi connectivity index (χ0n) is 8.30. The highest BCUT2D eigenvalue weighted by Crippen LogP contribution is 2.24. The van der Waals surface area contributed by atoms with Gasteiger partial charge >= 0.3 is 0 Å². The number of nitrogens with one attached hydrogen (secondary N) is 1. The molecule has 0 heterocycles. The summed E-state index contributed by atoms with van der Waals surface area (Å²) in [5, 5.41) is 20.6. The molecule has 3 N–H and O–H groups in total. The second kappa shape index (κ2) is 5.44. The minimum absolute atomic E-state index is 0.193. The average molecular weight is 278 g/mol. The Bertz CT molecular complexity index is 346. The van der Waals surface area contributed by atoms with Gasteiger partial charge in [-0.05, 0) is 35.0 Å². The van der Waals surface area contributed by atoms with Crippen molar-refractivity contribution in [2.45, 2.75) is 13.0 Å². The van der Waals surface area contributed by atoms with E-state index in [-0.39, 0.29) is 19.0 Å². The second-order valence-electron chi connectivity index (χ2n) is 3.25. The number of hydrogen-bond donors (Lipinski definition) is 3. The third-order valence-corrected chi connectivity index (χ3v) is 2.69. The molecule has 0 radical (unpaired) electrons. The van der Waals surface area contributed by atoms with E-state index < -0.39 is 6.10 Å². The molecule has 0 aliphatic heterocycles. The minimum atomic E-state index is -0.837. The van der Waals surface area contributed by atoms with Crippen LogP contribution in [-0.2, 0) is 0 Å². The Labute approximate surface area is 96.1 Å². The first-order valence-electron chi connectivity index (χ1n) is 4.53. The van der Waals surface area contributed by atoms with E-state index in [1.54, 1.807) is 19.1 Å². The van der Waals surface area contributed by atoms with Crippen LogP contribution in [0.15, 0.2) is 16.6 Å². The minimum Gasteiger partial charge on any atom is -0.394 e. The normalized spacial score (nSPS) is 12.6. The molecule has 0 saturated carbocycles. The molecule has 0 aromatic heterocycles. The maximum atomic E-state index is 13.4. The predicted octanol–water partition coefficient (Wildman–Crippen LogP) is 1.66. The van der Waals surface area contributed by atoms with Crippen LogP contribution in [0.5, 0.6) is 0 Å². The Kier molecular flexibility index (Phi) is 4.50. The van der Waals surface area contributed by atoms with Gasteiger partial charge < -0.3 is 15.5 Å². The smallest absolute Gasteiger partial charge is 0.142 e. The number of rotatable bonds is 4. The van der Waals surface area contributed by atoms with E-state index in [0.29, 0.717) is 15.7 Å². The zero-order chi connectivity index (χ0) is 11.4. The zero-order valence-corrected chi connectivity index (χ0v) is 9.88. The summed E-state index contributed by atoms with van der Waals surface area (Å²) in [5.74, 6) is -0.321. The van der Waals surface area contributed by atoms with E-state index in [2.05, 4.69) is 21.2 Å². The molecule has 84 valence electrons. The highest BCUT2D eigenvalue weighted by Gasteiger charge is 2.08. The maximum Gasteiger partial charge on any atom is 0.142 e. The standard InChI is InChI=1S/C10H13BrFNO2/c1-6-9(13-4-7(15)5-14)3-2-8(11)10(6)12/h2-3,7,13-15H,4-5H2,1H3. The molecule has 0 aliphatic rings. The second-order valence-corrected chi connectivity index (χ2v) is 4.11. The molecule has 0 fully saturated rings. The van der Waals surface area contributed by atoms with E-state index in [9.17, 15) is 4.39 Å². The van der Waals surface area contributed by atoms with Gasteiger partial charge in [0.15, 0.2) is 0 Å².